The van der Waals surface area contributed by atoms with E-state index in [2.05, 4.69) is 40.3 Å². The molecule has 108 valence electrons. The molecular formula is C16H23N3O. The Bertz CT molecular complexity index is 585. The zero-order chi connectivity index (χ0) is 13.9. The summed E-state index contributed by atoms with van der Waals surface area (Å²) in [6.07, 6.45) is 1.04. The van der Waals surface area contributed by atoms with Crippen molar-refractivity contribution in [2.75, 3.05) is 39.8 Å². The van der Waals surface area contributed by atoms with Gasteiger partial charge in [0.1, 0.15) is 5.75 Å². The molecule has 1 aliphatic heterocycles. The summed E-state index contributed by atoms with van der Waals surface area (Å²) in [5, 5.41) is 4.59. The SMILES string of the molecule is COc1c(CCN2CCNCC2)ccc2[nH]c(C)cc12. The highest BCUT2D eigenvalue weighted by Gasteiger charge is 2.13. The molecule has 4 nitrogen and oxygen atoms in total. The molecule has 3 rings (SSSR count). The van der Waals surface area contributed by atoms with Crippen LogP contribution < -0.4 is 10.1 Å². The van der Waals surface area contributed by atoms with Crippen molar-refractivity contribution < 1.29 is 4.74 Å². The minimum absolute atomic E-state index is 1.03. The third-order valence-electron chi connectivity index (χ3n) is 4.08. The van der Waals surface area contributed by atoms with Crippen LogP contribution in [0.1, 0.15) is 11.3 Å². The molecule has 0 spiro atoms. The monoisotopic (exact) mass is 273 g/mol. The fraction of sp³-hybridized carbons (Fsp3) is 0.500. The standard InChI is InChI=1S/C16H23N3O/c1-12-11-14-15(18-12)4-3-13(16(14)20-2)5-8-19-9-6-17-7-10-19/h3-4,11,17-18H,5-10H2,1-2H3. The van der Waals surface area contributed by atoms with Crippen LogP contribution in [0.2, 0.25) is 0 Å². The van der Waals surface area contributed by atoms with Crippen LogP contribution in [-0.2, 0) is 6.42 Å². The van der Waals surface area contributed by atoms with Gasteiger partial charge in [0, 0.05) is 49.3 Å². The predicted molar refractivity (Wildman–Crippen MR) is 82.6 cm³/mol. The molecule has 1 aliphatic rings. The fourth-order valence-corrected chi connectivity index (χ4v) is 3.01. The predicted octanol–water partition coefficient (Wildman–Crippen LogP) is 1.93. The van der Waals surface area contributed by atoms with Gasteiger partial charge >= 0.3 is 0 Å². The number of nitrogens with zero attached hydrogens (tertiary/aromatic N) is 1. The fourth-order valence-electron chi connectivity index (χ4n) is 3.01. The summed E-state index contributed by atoms with van der Waals surface area (Å²) in [7, 11) is 1.77. The van der Waals surface area contributed by atoms with Crippen molar-refractivity contribution in [2.24, 2.45) is 0 Å². The van der Waals surface area contributed by atoms with Crippen molar-refractivity contribution in [3.63, 3.8) is 0 Å². The third-order valence-corrected chi connectivity index (χ3v) is 4.08. The van der Waals surface area contributed by atoms with Gasteiger partial charge in [-0.1, -0.05) is 6.07 Å². The molecule has 20 heavy (non-hydrogen) atoms. The van der Waals surface area contributed by atoms with Gasteiger partial charge in [-0.3, -0.25) is 0 Å². The number of H-pyrrole nitrogens is 1. The number of benzene rings is 1. The van der Waals surface area contributed by atoms with E-state index in [1.54, 1.807) is 7.11 Å². The second-order valence-electron chi connectivity index (χ2n) is 5.51. The molecule has 0 saturated carbocycles. The first kappa shape index (κ1) is 13.5. The summed E-state index contributed by atoms with van der Waals surface area (Å²) in [6, 6.07) is 6.53. The van der Waals surface area contributed by atoms with Gasteiger partial charge in [-0.2, -0.15) is 0 Å². The highest BCUT2D eigenvalue weighted by Crippen LogP contribution is 2.30. The van der Waals surface area contributed by atoms with Gasteiger partial charge in [0.15, 0.2) is 0 Å². The van der Waals surface area contributed by atoms with Crippen LogP contribution in [0.25, 0.3) is 10.9 Å². The molecule has 2 N–H and O–H groups in total. The van der Waals surface area contributed by atoms with Gasteiger partial charge in [-0.25, -0.2) is 0 Å². The first-order valence-corrected chi connectivity index (χ1v) is 7.36. The van der Waals surface area contributed by atoms with E-state index in [1.165, 1.54) is 16.6 Å². The number of aryl methyl sites for hydroxylation is 1. The molecule has 2 aromatic rings. The van der Waals surface area contributed by atoms with Crippen LogP contribution in [-0.4, -0.2) is 49.7 Å². The summed E-state index contributed by atoms with van der Waals surface area (Å²) in [6.45, 7) is 7.69. The number of nitrogens with one attached hydrogen (secondary N) is 2. The maximum absolute atomic E-state index is 5.66. The number of hydrogen-bond acceptors (Lipinski definition) is 3. The molecule has 0 unspecified atom stereocenters. The second-order valence-corrected chi connectivity index (χ2v) is 5.51. The van der Waals surface area contributed by atoms with Gasteiger partial charge < -0.3 is 19.9 Å². The molecule has 2 heterocycles. The van der Waals surface area contributed by atoms with Gasteiger partial charge in [0.05, 0.1) is 7.11 Å². The maximum Gasteiger partial charge on any atom is 0.131 e. The lowest BCUT2D eigenvalue weighted by Crippen LogP contribution is -2.44. The Balaban J connectivity index is 1.79. The van der Waals surface area contributed by atoms with E-state index < -0.39 is 0 Å². The summed E-state index contributed by atoms with van der Waals surface area (Å²) >= 11 is 0. The number of aromatic nitrogens is 1. The zero-order valence-corrected chi connectivity index (χ0v) is 12.3. The van der Waals surface area contributed by atoms with Crippen molar-refractivity contribution in [2.45, 2.75) is 13.3 Å². The van der Waals surface area contributed by atoms with E-state index in [0.29, 0.717) is 0 Å². The van der Waals surface area contributed by atoms with Gasteiger partial charge in [0.25, 0.3) is 0 Å². The number of rotatable bonds is 4. The third kappa shape index (κ3) is 2.67. The lowest BCUT2D eigenvalue weighted by molar-refractivity contribution is 0.243. The smallest absolute Gasteiger partial charge is 0.131 e. The van der Waals surface area contributed by atoms with Gasteiger partial charge in [0.2, 0.25) is 0 Å². The normalized spacial score (nSPS) is 16.7. The summed E-state index contributed by atoms with van der Waals surface area (Å²) in [4.78, 5) is 5.88. The van der Waals surface area contributed by atoms with Gasteiger partial charge in [-0.05, 0) is 31.0 Å². The molecule has 0 bridgehead atoms. The maximum atomic E-state index is 5.66. The minimum Gasteiger partial charge on any atom is -0.496 e. The molecule has 0 amide bonds. The molecule has 1 aromatic carbocycles. The topological polar surface area (TPSA) is 40.3 Å². The van der Waals surface area contributed by atoms with Gasteiger partial charge in [-0.15, -0.1) is 0 Å². The van der Waals surface area contributed by atoms with E-state index >= 15 is 0 Å². The van der Waals surface area contributed by atoms with Crippen LogP contribution in [0.15, 0.2) is 18.2 Å². The number of piperazine rings is 1. The van der Waals surface area contributed by atoms with Crippen molar-refractivity contribution in [3.05, 3.63) is 29.5 Å². The Morgan fingerprint density at radius 1 is 1.25 bits per heavy atom. The quantitative estimate of drug-likeness (QED) is 0.894. The Labute approximate surface area is 120 Å². The largest absolute Gasteiger partial charge is 0.496 e. The van der Waals surface area contributed by atoms with Crippen LogP contribution in [0, 0.1) is 6.92 Å². The lowest BCUT2D eigenvalue weighted by atomic mass is 10.1. The molecule has 1 aromatic heterocycles. The van der Waals surface area contributed by atoms with E-state index in [-0.39, 0.29) is 0 Å². The van der Waals surface area contributed by atoms with E-state index in [4.69, 9.17) is 4.74 Å². The summed E-state index contributed by atoms with van der Waals surface area (Å²) in [5.41, 5.74) is 3.64. The minimum atomic E-state index is 1.03. The van der Waals surface area contributed by atoms with E-state index in [1.807, 2.05) is 0 Å². The Morgan fingerprint density at radius 3 is 2.80 bits per heavy atom. The first-order chi connectivity index (χ1) is 9.78. The number of methoxy groups -OCH3 is 1. The highest BCUT2D eigenvalue weighted by atomic mass is 16.5. The number of ether oxygens (including phenoxy) is 1. The van der Waals surface area contributed by atoms with E-state index in [0.717, 1.165) is 50.4 Å². The average Bonchev–Trinajstić information content (AvgIpc) is 2.86. The lowest BCUT2D eigenvalue weighted by Gasteiger charge is -2.27. The van der Waals surface area contributed by atoms with Crippen molar-refractivity contribution in [1.82, 2.24) is 15.2 Å². The molecule has 0 aliphatic carbocycles. The summed E-state index contributed by atoms with van der Waals surface area (Å²) in [5.74, 6) is 1.03. The Morgan fingerprint density at radius 2 is 2.05 bits per heavy atom. The number of aromatic amines is 1. The molecule has 1 fully saturated rings. The van der Waals surface area contributed by atoms with Crippen molar-refractivity contribution in [1.29, 1.82) is 0 Å². The first-order valence-electron chi connectivity index (χ1n) is 7.36. The van der Waals surface area contributed by atoms with Crippen molar-refractivity contribution >= 4 is 10.9 Å². The van der Waals surface area contributed by atoms with Crippen LogP contribution in [0.5, 0.6) is 5.75 Å². The summed E-state index contributed by atoms with van der Waals surface area (Å²) < 4.78 is 5.66. The molecule has 0 atom stereocenters. The second kappa shape index (κ2) is 5.85. The zero-order valence-electron chi connectivity index (χ0n) is 12.3. The molecular weight excluding hydrogens is 250 g/mol. The number of fused-ring (bicyclic) bond motifs is 1. The van der Waals surface area contributed by atoms with Crippen LogP contribution in [0.4, 0.5) is 0 Å². The van der Waals surface area contributed by atoms with Crippen molar-refractivity contribution in [3.8, 4) is 5.75 Å². The molecule has 4 heteroatoms. The highest BCUT2D eigenvalue weighted by molar-refractivity contribution is 5.88. The Hall–Kier alpha value is -1.52. The van der Waals surface area contributed by atoms with E-state index in [9.17, 15) is 0 Å². The van der Waals surface area contributed by atoms with Crippen LogP contribution in [0.3, 0.4) is 0 Å². The van der Waals surface area contributed by atoms with Crippen LogP contribution >= 0.6 is 0 Å². The Kier molecular flexibility index (Phi) is 3.94. The average molecular weight is 273 g/mol. The number of hydrogen-bond donors (Lipinski definition) is 2. The molecule has 1 saturated heterocycles. The molecule has 0 radical (unpaired) electrons.